The van der Waals surface area contributed by atoms with E-state index in [0.29, 0.717) is 17.6 Å². The average molecular weight is 870 g/mol. The van der Waals surface area contributed by atoms with E-state index in [0.717, 1.165) is 115 Å². The fraction of sp³-hybridized carbons (Fsp3) is 0. The molecule has 0 atom stereocenters. The number of benzene rings is 10. The molecule has 5 heterocycles. The zero-order valence-corrected chi connectivity index (χ0v) is 36.3. The predicted molar refractivity (Wildman–Crippen MR) is 277 cm³/mol. The van der Waals surface area contributed by atoms with Gasteiger partial charge in [-0.25, -0.2) is 4.98 Å². The second kappa shape index (κ2) is 14.1. The van der Waals surface area contributed by atoms with Gasteiger partial charge in [0.05, 0.1) is 33.3 Å². The van der Waals surface area contributed by atoms with Gasteiger partial charge in [0, 0.05) is 48.7 Å². The number of fused-ring (bicyclic) bond motifs is 14. The molecule has 0 fully saturated rings. The van der Waals surface area contributed by atoms with E-state index in [2.05, 4.69) is 161 Å². The molecule has 68 heavy (non-hydrogen) atoms. The largest absolute Gasteiger partial charge is 0.455 e. The Balaban J connectivity index is 1.09. The summed E-state index contributed by atoms with van der Waals surface area (Å²) >= 11 is 0. The highest BCUT2D eigenvalue weighted by atomic mass is 16.3. The van der Waals surface area contributed by atoms with Crippen molar-refractivity contribution >= 4 is 98.3 Å². The van der Waals surface area contributed by atoms with Crippen LogP contribution in [0.4, 0.5) is 0 Å². The number of nitrogens with zero attached hydrogens (tertiary/aromatic N) is 5. The van der Waals surface area contributed by atoms with Gasteiger partial charge in [0.25, 0.3) is 0 Å². The van der Waals surface area contributed by atoms with Gasteiger partial charge in [-0.3, -0.25) is 4.57 Å². The Bertz CT molecular complexity index is 4570. The summed E-state index contributed by atoms with van der Waals surface area (Å²) in [4.78, 5) is 16.1. The van der Waals surface area contributed by atoms with Gasteiger partial charge in [-0.1, -0.05) is 164 Å². The highest BCUT2D eigenvalue weighted by molar-refractivity contribution is 6.24. The van der Waals surface area contributed by atoms with Crippen LogP contribution in [0.5, 0.6) is 0 Å². The molecule has 0 N–H and O–H groups in total. The monoisotopic (exact) mass is 869 g/mol. The molecule has 0 aliphatic heterocycles. The Labute approximate surface area is 387 Å². The molecule has 0 bridgehead atoms. The van der Waals surface area contributed by atoms with Gasteiger partial charge >= 0.3 is 0 Å². The van der Waals surface area contributed by atoms with Crippen LogP contribution in [0, 0.1) is 0 Å². The standard InChI is InChI=1S/C61H35N5O2/c1-2-16-37(17-3-1)59-62-60(48-24-14-23-47-43-21-8-12-27-53(43)67-57(47)48)64-61(63-59)66-51-26-11-7-20-42(51)46-32-31-45-41-19-6-10-25-50(41)65(55(45)56(46)66)52-35-40(39-30-29-36-15-4-5-18-38(36)33-39)34-49-44-22-9-13-28-54(44)68-58(49)52/h1-35H. The van der Waals surface area contributed by atoms with Crippen LogP contribution < -0.4 is 0 Å². The molecule has 0 unspecified atom stereocenters. The zero-order valence-electron chi connectivity index (χ0n) is 36.3. The van der Waals surface area contributed by atoms with Crippen molar-refractivity contribution in [2.45, 2.75) is 0 Å². The Hall–Kier alpha value is -9.33. The van der Waals surface area contributed by atoms with Crippen LogP contribution in [0.3, 0.4) is 0 Å². The lowest BCUT2D eigenvalue weighted by Crippen LogP contribution is -2.07. The Morgan fingerprint density at radius 1 is 0.324 bits per heavy atom. The molecule has 0 saturated heterocycles. The van der Waals surface area contributed by atoms with Crippen molar-refractivity contribution in [3.8, 4) is 45.5 Å². The Kier molecular flexibility index (Phi) is 7.65. The molecule has 7 nitrogen and oxygen atoms in total. The number of rotatable bonds is 5. The third-order valence-electron chi connectivity index (χ3n) is 13.8. The van der Waals surface area contributed by atoms with Gasteiger partial charge in [-0.15, -0.1) is 0 Å². The second-order valence-electron chi connectivity index (χ2n) is 17.5. The first kappa shape index (κ1) is 36.9. The topological polar surface area (TPSA) is 74.8 Å². The van der Waals surface area contributed by atoms with Crippen LogP contribution in [0.25, 0.3) is 144 Å². The molecule has 0 aliphatic rings. The lowest BCUT2D eigenvalue weighted by atomic mass is 9.98. The van der Waals surface area contributed by atoms with E-state index in [9.17, 15) is 0 Å². The summed E-state index contributed by atoms with van der Waals surface area (Å²) in [6, 6.07) is 74.5. The summed E-state index contributed by atoms with van der Waals surface area (Å²) in [5, 5.41) is 10.9. The van der Waals surface area contributed by atoms with Gasteiger partial charge in [-0.05, 0) is 70.4 Å². The number of para-hydroxylation sites is 5. The van der Waals surface area contributed by atoms with E-state index in [4.69, 9.17) is 23.8 Å². The number of hydrogen-bond acceptors (Lipinski definition) is 5. The van der Waals surface area contributed by atoms with Crippen molar-refractivity contribution < 1.29 is 8.83 Å². The summed E-state index contributed by atoms with van der Waals surface area (Å²) in [5.74, 6) is 1.57. The first-order valence-electron chi connectivity index (χ1n) is 22.8. The maximum absolute atomic E-state index is 6.97. The Morgan fingerprint density at radius 2 is 0.912 bits per heavy atom. The summed E-state index contributed by atoms with van der Waals surface area (Å²) in [6.45, 7) is 0. The molecule has 0 spiro atoms. The van der Waals surface area contributed by atoms with Crippen molar-refractivity contribution in [1.82, 2.24) is 24.1 Å². The van der Waals surface area contributed by atoms with Gasteiger partial charge in [0.2, 0.25) is 5.95 Å². The molecule has 0 radical (unpaired) electrons. The van der Waals surface area contributed by atoms with E-state index in [1.54, 1.807) is 0 Å². The van der Waals surface area contributed by atoms with Crippen molar-refractivity contribution in [1.29, 1.82) is 0 Å². The summed E-state index contributed by atoms with van der Waals surface area (Å²) in [5.41, 5.74) is 12.0. The van der Waals surface area contributed by atoms with E-state index in [1.807, 2.05) is 60.7 Å². The molecule has 7 heteroatoms. The molecule has 5 aromatic heterocycles. The minimum absolute atomic E-state index is 0.497. The van der Waals surface area contributed by atoms with Crippen molar-refractivity contribution in [3.63, 3.8) is 0 Å². The molecule has 0 aliphatic carbocycles. The highest BCUT2D eigenvalue weighted by Crippen LogP contribution is 2.45. The van der Waals surface area contributed by atoms with Crippen LogP contribution in [-0.4, -0.2) is 24.1 Å². The van der Waals surface area contributed by atoms with E-state index in [1.165, 1.54) is 10.8 Å². The van der Waals surface area contributed by atoms with Crippen LogP contribution in [0.15, 0.2) is 221 Å². The number of furan rings is 2. The smallest absolute Gasteiger partial charge is 0.238 e. The minimum Gasteiger partial charge on any atom is -0.455 e. The molecular formula is C61H35N5O2. The SMILES string of the molecule is c1ccc(-c2nc(-c3cccc4c3oc3ccccc34)nc(-n3c4ccccc4c4ccc5c6ccccc6n(-c6cc(-c7ccc8ccccc8c7)cc7c6oc6ccccc67)c5c43)n2)cc1. The summed E-state index contributed by atoms with van der Waals surface area (Å²) in [7, 11) is 0. The molecule has 15 aromatic rings. The number of aromatic nitrogens is 5. The molecule has 316 valence electrons. The van der Waals surface area contributed by atoms with Crippen molar-refractivity contribution in [2.24, 2.45) is 0 Å². The fourth-order valence-electron chi connectivity index (χ4n) is 10.7. The van der Waals surface area contributed by atoms with Crippen LogP contribution >= 0.6 is 0 Å². The second-order valence-corrected chi connectivity index (χ2v) is 17.5. The molecule has 0 amide bonds. The zero-order chi connectivity index (χ0) is 44.5. The maximum Gasteiger partial charge on any atom is 0.238 e. The third-order valence-corrected chi connectivity index (χ3v) is 13.8. The normalized spacial score (nSPS) is 12.1. The minimum atomic E-state index is 0.497. The average Bonchev–Trinajstić information content (AvgIpc) is 4.16. The molecule has 0 saturated carbocycles. The molecular weight excluding hydrogens is 835 g/mol. The Morgan fingerprint density at radius 3 is 1.68 bits per heavy atom. The quantitative estimate of drug-likeness (QED) is 0.172. The van der Waals surface area contributed by atoms with E-state index < -0.39 is 0 Å². The predicted octanol–water partition coefficient (Wildman–Crippen LogP) is 16.0. The van der Waals surface area contributed by atoms with Crippen LogP contribution in [0.2, 0.25) is 0 Å². The van der Waals surface area contributed by atoms with Crippen LogP contribution in [0.1, 0.15) is 0 Å². The molecule has 15 rings (SSSR count). The number of hydrogen-bond donors (Lipinski definition) is 0. The van der Waals surface area contributed by atoms with E-state index in [-0.39, 0.29) is 0 Å². The first-order valence-corrected chi connectivity index (χ1v) is 22.8. The van der Waals surface area contributed by atoms with Gasteiger partial charge in [0.1, 0.15) is 16.7 Å². The van der Waals surface area contributed by atoms with E-state index >= 15 is 0 Å². The van der Waals surface area contributed by atoms with Gasteiger partial charge in [0.15, 0.2) is 17.2 Å². The van der Waals surface area contributed by atoms with Crippen LogP contribution in [-0.2, 0) is 0 Å². The van der Waals surface area contributed by atoms with Gasteiger partial charge < -0.3 is 13.4 Å². The summed E-state index contributed by atoms with van der Waals surface area (Å²) < 4.78 is 18.2. The lowest BCUT2D eigenvalue weighted by Gasteiger charge is -2.15. The van der Waals surface area contributed by atoms with Crippen molar-refractivity contribution in [3.05, 3.63) is 212 Å². The molecule has 10 aromatic carbocycles. The first-order chi connectivity index (χ1) is 33.7. The lowest BCUT2D eigenvalue weighted by molar-refractivity contribution is 0.666. The van der Waals surface area contributed by atoms with Gasteiger partial charge in [-0.2, -0.15) is 9.97 Å². The fourth-order valence-corrected chi connectivity index (χ4v) is 10.7. The summed E-state index contributed by atoms with van der Waals surface area (Å²) in [6.07, 6.45) is 0. The van der Waals surface area contributed by atoms with Crippen molar-refractivity contribution in [2.75, 3.05) is 0 Å². The maximum atomic E-state index is 6.97. The highest BCUT2D eigenvalue weighted by Gasteiger charge is 2.26. The third kappa shape index (κ3) is 5.32.